The fourth-order valence-corrected chi connectivity index (χ4v) is 3.66. The lowest BCUT2D eigenvalue weighted by Gasteiger charge is -2.08. The van der Waals surface area contributed by atoms with Gasteiger partial charge in [-0.3, -0.25) is 9.78 Å². The first-order valence-electron chi connectivity index (χ1n) is 8.17. The quantitative estimate of drug-likeness (QED) is 0.467. The SMILES string of the molecule is O=C(Cc1cnc(-n2nccn2)c(Cl)c1)Cc1cnc2ccccc2c1Br. The van der Waals surface area contributed by atoms with E-state index in [9.17, 15) is 4.79 Å². The number of benzene rings is 1. The van der Waals surface area contributed by atoms with Crippen LogP contribution in [0.3, 0.4) is 0 Å². The molecule has 0 aliphatic carbocycles. The van der Waals surface area contributed by atoms with Crippen LogP contribution in [0, 0.1) is 0 Å². The number of carbonyl (C=O) groups excluding carboxylic acids is 1. The minimum Gasteiger partial charge on any atom is -0.299 e. The average molecular weight is 443 g/mol. The molecule has 0 atom stereocenters. The third-order valence-electron chi connectivity index (χ3n) is 4.06. The molecule has 4 aromatic rings. The van der Waals surface area contributed by atoms with Crippen molar-refractivity contribution in [1.29, 1.82) is 0 Å². The van der Waals surface area contributed by atoms with Crippen LogP contribution in [0.25, 0.3) is 16.7 Å². The minimum absolute atomic E-state index is 0.0515. The fraction of sp³-hybridized carbons (Fsp3) is 0.105. The zero-order valence-corrected chi connectivity index (χ0v) is 16.4. The molecule has 0 unspecified atom stereocenters. The van der Waals surface area contributed by atoms with Crippen molar-refractivity contribution in [3.63, 3.8) is 0 Å². The summed E-state index contributed by atoms with van der Waals surface area (Å²) in [6, 6.07) is 9.52. The molecule has 0 N–H and O–H groups in total. The molecule has 4 rings (SSSR count). The Hall–Kier alpha value is -2.64. The first-order chi connectivity index (χ1) is 13.1. The highest BCUT2D eigenvalue weighted by Crippen LogP contribution is 2.27. The molecule has 3 heterocycles. The molecular weight excluding hydrogens is 430 g/mol. The van der Waals surface area contributed by atoms with E-state index in [0.29, 0.717) is 10.8 Å². The van der Waals surface area contributed by atoms with E-state index in [2.05, 4.69) is 36.1 Å². The Balaban J connectivity index is 1.51. The molecule has 8 heteroatoms. The summed E-state index contributed by atoms with van der Waals surface area (Å²) < 4.78 is 0.901. The third kappa shape index (κ3) is 3.74. The third-order valence-corrected chi connectivity index (χ3v) is 5.27. The highest BCUT2D eigenvalue weighted by Gasteiger charge is 2.13. The molecule has 0 saturated carbocycles. The lowest BCUT2D eigenvalue weighted by Crippen LogP contribution is -2.09. The number of rotatable bonds is 5. The smallest absolute Gasteiger partial charge is 0.193 e. The Morgan fingerprint density at radius 3 is 2.63 bits per heavy atom. The summed E-state index contributed by atoms with van der Waals surface area (Å²) in [6.07, 6.45) is 6.96. The minimum atomic E-state index is 0.0515. The normalized spacial score (nSPS) is 11.0. The molecule has 1 aromatic carbocycles. The van der Waals surface area contributed by atoms with Gasteiger partial charge < -0.3 is 0 Å². The van der Waals surface area contributed by atoms with Crippen molar-refractivity contribution in [2.45, 2.75) is 12.8 Å². The molecule has 0 bridgehead atoms. The highest BCUT2D eigenvalue weighted by atomic mass is 79.9. The second-order valence-corrected chi connectivity index (χ2v) is 7.17. The average Bonchev–Trinajstić information content (AvgIpc) is 3.19. The molecular formula is C19H13BrClN5O. The van der Waals surface area contributed by atoms with Crippen LogP contribution in [0.1, 0.15) is 11.1 Å². The van der Waals surface area contributed by atoms with E-state index in [0.717, 1.165) is 26.5 Å². The van der Waals surface area contributed by atoms with Crippen molar-refractivity contribution >= 4 is 44.2 Å². The Morgan fingerprint density at radius 2 is 1.85 bits per heavy atom. The van der Waals surface area contributed by atoms with Crippen molar-refractivity contribution in [2.75, 3.05) is 0 Å². The molecule has 0 aliphatic heterocycles. The van der Waals surface area contributed by atoms with Crippen LogP contribution in [-0.2, 0) is 17.6 Å². The summed E-state index contributed by atoms with van der Waals surface area (Å²) in [6.45, 7) is 0. The monoisotopic (exact) mass is 441 g/mol. The van der Waals surface area contributed by atoms with Crippen molar-refractivity contribution in [3.05, 3.63) is 75.7 Å². The summed E-state index contributed by atoms with van der Waals surface area (Å²) >= 11 is 9.86. The number of carbonyl (C=O) groups is 1. The Kier molecular flexibility index (Phi) is 4.96. The van der Waals surface area contributed by atoms with E-state index in [4.69, 9.17) is 11.6 Å². The number of Topliss-reactive ketones (excluding diaryl/α,β-unsaturated/α-hetero) is 1. The van der Waals surface area contributed by atoms with E-state index in [1.807, 2.05) is 24.3 Å². The van der Waals surface area contributed by atoms with Gasteiger partial charge in [0.15, 0.2) is 5.82 Å². The lowest BCUT2D eigenvalue weighted by atomic mass is 10.0. The molecule has 0 saturated heterocycles. The number of hydrogen-bond donors (Lipinski definition) is 0. The number of fused-ring (bicyclic) bond motifs is 1. The Bertz CT molecular complexity index is 1130. The van der Waals surface area contributed by atoms with Crippen LogP contribution in [0.15, 0.2) is 59.6 Å². The van der Waals surface area contributed by atoms with Gasteiger partial charge in [-0.25, -0.2) is 4.98 Å². The molecule has 0 radical (unpaired) electrons. The molecule has 3 aromatic heterocycles. The summed E-state index contributed by atoms with van der Waals surface area (Å²) in [5.41, 5.74) is 2.49. The Morgan fingerprint density at radius 1 is 1.07 bits per heavy atom. The first-order valence-corrected chi connectivity index (χ1v) is 9.34. The van der Waals surface area contributed by atoms with Crippen LogP contribution in [0.2, 0.25) is 5.02 Å². The summed E-state index contributed by atoms with van der Waals surface area (Å²) in [7, 11) is 0. The predicted molar refractivity (Wildman–Crippen MR) is 106 cm³/mol. The van der Waals surface area contributed by atoms with Crippen molar-refractivity contribution in [1.82, 2.24) is 25.0 Å². The number of pyridine rings is 2. The second kappa shape index (κ2) is 7.54. The summed E-state index contributed by atoms with van der Waals surface area (Å²) in [5, 5.41) is 9.40. The van der Waals surface area contributed by atoms with Gasteiger partial charge >= 0.3 is 0 Å². The standard InChI is InChI=1S/C19H13BrClN5O/c20-18-13(11-22-17-4-2-1-3-15(17)18)9-14(27)7-12-8-16(21)19(23-10-12)26-24-5-6-25-26/h1-6,8,10-11H,7,9H2. The topological polar surface area (TPSA) is 73.6 Å². The molecule has 0 amide bonds. The van der Waals surface area contributed by atoms with E-state index < -0.39 is 0 Å². The summed E-state index contributed by atoms with van der Waals surface area (Å²) in [5.74, 6) is 0.481. The molecule has 6 nitrogen and oxygen atoms in total. The van der Waals surface area contributed by atoms with Gasteiger partial charge in [-0.15, -0.1) is 4.80 Å². The predicted octanol–water partition coefficient (Wildman–Crippen LogP) is 3.98. The maximum absolute atomic E-state index is 12.5. The van der Waals surface area contributed by atoms with E-state index in [1.54, 1.807) is 30.9 Å². The Labute approximate surface area is 168 Å². The van der Waals surface area contributed by atoms with Gasteiger partial charge in [0.05, 0.1) is 22.9 Å². The highest BCUT2D eigenvalue weighted by molar-refractivity contribution is 9.10. The van der Waals surface area contributed by atoms with E-state index >= 15 is 0 Å². The fourth-order valence-electron chi connectivity index (χ4n) is 2.81. The van der Waals surface area contributed by atoms with Gasteiger partial charge in [0.25, 0.3) is 0 Å². The maximum Gasteiger partial charge on any atom is 0.193 e. The molecule has 27 heavy (non-hydrogen) atoms. The number of ketones is 1. The lowest BCUT2D eigenvalue weighted by molar-refractivity contribution is -0.117. The number of halogens is 2. The van der Waals surface area contributed by atoms with Gasteiger partial charge in [0.1, 0.15) is 5.78 Å². The zero-order valence-electron chi connectivity index (χ0n) is 14.0. The second-order valence-electron chi connectivity index (χ2n) is 5.97. The van der Waals surface area contributed by atoms with E-state index in [-0.39, 0.29) is 18.6 Å². The van der Waals surface area contributed by atoms with Crippen molar-refractivity contribution in [2.24, 2.45) is 0 Å². The van der Waals surface area contributed by atoms with Crippen LogP contribution in [0.5, 0.6) is 0 Å². The number of nitrogens with zero attached hydrogens (tertiary/aromatic N) is 5. The van der Waals surface area contributed by atoms with Crippen LogP contribution < -0.4 is 0 Å². The van der Waals surface area contributed by atoms with Crippen LogP contribution in [0.4, 0.5) is 0 Å². The van der Waals surface area contributed by atoms with Gasteiger partial charge in [-0.1, -0.05) is 29.8 Å². The van der Waals surface area contributed by atoms with Gasteiger partial charge in [0, 0.05) is 35.1 Å². The molecule has 0 aliphatic rings. The largest absolute Gasteiger partial charge is 0.299 e. The van der Waals surface area contributed by atoms with Gasteiger partial charge in [-0.2, -0.15) is 10.2 Å². The zero-order chi connectivity index (χ0) is 18.8. The summed E-state index contributed by atoms with van der Waals surface area (Å²) in [4.78, 5) is 22.6. The van der Waals surface area contributed by atoms with Crippen LogP contribution >= 0.6 is 27.5 Å². The maximum atomic E-state index is 12.5. The van der Waals surface area contributed by atoms with Gasteiger partial charge in [0.2, 0.25) is 0 Å². The number of hydrogen-bond acceptors (Lipinski definition) is 5. The van der Waals surface area contributed by atoms with E-state index in [1.165, 1.54) is 4.80 Å². The number of aromatic nitrogens is 5. The van der Waals surface area contributed by atoms with Crippen LogP contribution in [-0.4, -0.2) is 30.7 Å². The van der Waals surface area contributed by atoms with Crippen molar-refractivity contribution < 1.29 is 4.79 Å². The number of para-hydroxylation sites is 1. The van der Waals surface area contributed by atoms with Crippen molar-refractivity contribution in [3.8, 4) is 5.82 Å². The molecule has 0 fully saturated rings. The molecule has 0 spiro atoms. The first kappa shape index (κ1) is 17.8. The van der Waals surface area contributed by atoms with Gasteiger partial charge in [-0.05, 0) is 39.2 Å². The molecule has 134 valence electrons.